The molecule has 0 saturated carbocycles. The van der Waals surface area contributed by atoms with E-state index in [9.17, 15) is 9.18 Å². The van der Waals surface area contributed by atoms with E-state index in [1.165, 1.54) is 23.9 Å². The molecule has 0 aliphatic heterocycles. The summed E-state index contributed by atoms with van der Waals surface area (Å²) in [5.74, 6) is 1.85. The minimum Gasteiger partial charge on any atom is -0.496 e. The second-order valence-corrected chi connectivity index (χ2v) is 9.92. The van der Waals surface area contributed by atoms with Crippen LogP contribution < -0.4 is 19.8 Å². The Balaban J connectivity index is 1.43. The Hall–Kier alpha value is -5.70. The van der Waals surface area contributed by atoms with E-state index in [0.29, 0.717) is 57.0 Å². The molecule has 6 aromatic rings. The molecule has 0 bridgehead atoms. The summed E-state index contributed by atoms with van der Waals surface area (Å²) in [4.78, 5) is 18.5. The molecule has 0 saturated heterocycles. The Morgan fingerprint density at radius 2 is 1.77 bits per heavy atom. The van der Waals surface area contributed by atoms with Crippen LogP contribution in [0.5, 0.6) is 17.2 Å². The maximum Gasteiger partial charge on any atom is 0.282 e. The van der Waals surface area contributed by atoms with Crippen molar-refractivity contribution in [1.29, 1.82) is 0 Å². The molecule has 4 aromatic carbocycles. The maximum atomic E-state index is 13.7. The highest BCUT2D eigenvalue weighted by atomic mass is 19.1. The zero-order chi connectivity index (χ0) is 30.6. The summed E-state index contributed by atoms with van der Waals surface area (Å²) in [6.45, 7) is 4.02. The fourth-order valence-electron chi connectivity index (χ4n) is 5.00. The van der Waals surface area contributed by atoms with E-state index in [0.717, 1.165) is 10.9 Å². The number of nitrogens with zero attached hydrogens (tertiary/aromatic N) is 3. The molecule has 0 spiro atoms. The SMILES string of the molecule is C=CCc1cc(C=Nn2c(-c3cc4c(OC)cccc4o3)nc3ccccc3c2=O)cc(OC)c1OCc1cccc(F)c1. The molecular weight excluding hydrogens is 561 g/mol. The number of rotatable bonds is 10. The first kappa shape index (κ1) is 28.4. The van der Waals surface area contributed by atoms with Crippen LogP contribution in [0.3, 0.4) is 0 Å². The average molecular weight is 590 g/mol. The number of fused-ring (bicyclic) bond motifs is 2. The van der Waals surface area contributed by atoms with Gasteiger partial charge in [-0.25, -0.2) is 9.37 Å². The predicted molar refractivity (Wildman–Crippen MR) is 168 cm³/mol. The number of furan rings is 1. The van der Waals surface area contributed by atoms with E-state index in [1.807, 2.05) is 30.3 Å². The standard InChI is InChI=1S/C35H28FN3O5/c1-4-9-24-16-23(18-31(42-3)33(24)43-21-22-10-7-11-25(36)17-22)20-37-39-34(38-28-13-6-5-12-26(28)35(39)40)32-19-27-29(41-2)14-8-15-30(27)44-32/h4-8,10-20H,1,9,21H2,2-3H3. The van der Waals surface area contributed by atoms with Crippen molar-refractivity contribution in [3.63, 3.8) is 0 Å². The maximum absolute atomic E-state index is 13.7. The van der Waals surface area contributed by atoms with Crippen LogP contribution in [0.25, 0.3) is 33.5 Å². The monoisotopic (exact) mass is 589 g/mol. The number of benzene rings is 4. The van der Waals surface area contributed by atoms with Gasteiger partial charge in [-0.15, -0.1) is 6.58 Å². The van der Waals surface area contributed by atoms with Crippen LogP contribution in [0.1, 0.15) is 16.7 Å². The van der Waals surface area contributed by atoms with Crippen LogP contribution in [0.2, 0.25) is 0 Å². The molecule has 0 fully saturated rings. The fourth-order valence-corrected chi connectivity index (χ4v) is 5.00. The molecule has 6 rings (SSSR count). The number of hydrogen-bond acceptors (Lipinski definition) is 7. The van der Waals surface area contributed by atoms with Crippen molar-refractivity contribution in [1.82, 2.24) is 9.66 Å². The van der Waals surface area contributed by atoms with Gasteiger partial charge in [-0.1, -0.05) is 36.4 Å². The van der Waals surface area contributed by atoms with E-state index in [4.69, 9.17) is 23.6 Å². The molecule has 8 nitrogen and oxygen atoms in total. The minimum atomic E-state index is -0.359. The number of methoxy groups -OCH3 is 2. The highest BCUT2D eigenvalue weighted by Crippen LogP contribution is 2.35. The van der Waals surface area contributed by atoms with Gasteiger partial charge in [-0.2, -0.15) is 9.78 Å². The normalized spacial score (nSPS) is 11.3. The number of halogens is 1. The molecule has 44 heavy (non-hydrogen) atoms. The molecule has 0 aliphatic carbocycles. The summed E-state index contributed by atoms with van der Waals surface area (Å²) in [7, 11) is 3.12. The molecule has 0 N–H and O–H groups in total. The van der Waals surface area contributed by atoms with Crippen molar-refractivity contribution in [3.8, 4) is 28.8 Å². The van der Waals surface area contributed by atoms with Gasteiger partial charge in [0.2, 0.25) is 5.82 Å². The van der Waals surface area contributed by atoms with E-state index >= 15 is 0 Å². The summed E-state index contributed by atoms with van der Waals surface area (Å²) in [6.07, 6.45) is 3.77. The highest BCUT2D eigenvalue weighted by Gasteiger charge is 2.18. The van der Waals surface area contributed by atoms with Crippen LogP contribution in [0.4, 0.5) is 4.39 Å². The number of hydrogen-bond donors (Lipinski definition) is 0. The van der Waals surface area contributed by atoms with Gasteiger partial charge in [0.05, 0.1) is 36.7 Å². The summed E-state index contributed by atoms with van der Waals surface area (Å²) >= 11 is 0. The van der Waals surface area contributed by atoms with Crippen molar-refractivity contribution < 1.29 is 23.0 Å². The third kappa shape index (κ3) is 5.55. The van der Waals surface area contributed by atoms with Crippen LogP contribution in [0.15, 0.2) is 112 Å². The number of allylic oxidation sites excluding steroid dienone is 1. The lowest BCUT2D eigenvalue weighted by Crippen LogP contribution is -2.20. The van der Waals surface area contributed by atoms with Crippen LogP contribution in [-0.4, -0.2) is 30.1 Å². The van der Waals surface area contributed by atoms with Gasteiger partial charge >= 0.3 is 0 Å². The third-order valence-electron chi connectivity index (χ3n) is 7.05. The second-order valence-electron chi connectivity index (χ2n) is 9.92. The molecule has 0 atom stereocenters. The molecule has 9 heteroatoms. The molecule has 0 aliphatic rings. The summed E-state index contributed by atoms with van der Waals surface area (Å²) in [5.41, 5.74) is 2.86. The van der Waals surface area contributed by atoms with E-state index in [1.54, 1.807) is 61.9 Å². The van der Waals surface area contributed by atoms with E-state index < -0.39 is 0 Å². The van der Waals surface area contributed by atoms with Gasteiger partial charge in [-0.05, 0) is 72.1 Å². The second kappa shape index (κ2) is 12.3. The van der Waals surface area contributed by atoms with Crippen molar-refractivity contribution in [2.24, 2.45) is 5.10 Å². The number of aromatic nitrogens is 2. The lowest BCUT2D eigenvalue weighted by molar-refractivity contribution is 0.281. The zero-order valence-corrected chi connectivity index (χ0v) is 24.1. The Morgan fingerprint density at radius 3 is 2.57 bits per heavy atom. The van der Waals surface area contributed by atoms with Crippen LogP contribution >= 0.6 is 0 Å². The first-order chi connectivity index (χ1) is 21.5. The number of ether oxygens (including phenoxy) is 3. The highest BCUT2D eigenvalue weighted by molar-refractivity contribution is 5.89. The summed E-state index contributed by atoms with van der Waals surface area (Å²) in [5, 5.41) is 5.74. The van der Waals surface area contributed by atoms with E-state index in [2.05, 4.69) is 11.7 Å². The molecule has 2 aromatic heterocycles. The van der Waals surface area contributed by atoms with Gasteiger partial charge in [0.25, 0.3) is 5.56 Å². The van der Waals surface area contributed by atoms with Crippen LogP contribution in [0, 0.1) is 5.82 Å². The smallest absolute Gasteiger partial charge is 0.282 e. The largest absolute Gasteiger partial charge is 0.496 e. The summed E-state index contributed by atoms with van der Waals surface area (Å²) in [6, 6.07) is 24.2. The third-order valence-corrected chi connectivity index (χ3v) is 7.05. The van der Waals surface area contributed by atoms with Gasteiger partial charge < -0.3 is 18.6 Å². The predicted octanol–water partition coefficient (Wildman–Crippen LogP) is 7.16. The van der Waals surface area contributed by atoms with Crippen molar-refractivity contribution in [3.05, 3.63) is 130 Å². The Labute approximate surface area is 252 Å². The van der Waals surface area contributed by atoms with Gasteiger partial charge in [0.15, 0.2) is 17.3 Å². The molecule has 0 radical (unpaired) electrons. The Kier molecular flexibility index (Phi) is 7.92. The molecule has 0 unspecified atom stereocenters. The molecule has 2 heterocycles. The lowest BCUT2D eigenvalue weighted by Gasteiger charge is -2.16. The van der Waals surface area contributed by atoms with Gasteiger partial charge in [-0.3, -0.25) is 4.79 Å². The lowest BCUT2D eigenvalue weighted by atomic mass is 10.1. The summed E-state index contributed by atoms with van der Waals surface area (Å²) < 4.78 is 38.3. The Bertz CT molecular complexity index is 2100. The number of para-hydroxylation sites is 1. The molecule has 220 valence electrons. The van der Waals surface area contributed by atoms with Crippen molar-refractivity contribution in [2.75, 3.05) is 14.2 Å². The van der Waals surface area contributed by atoms with E-state index in [-0.39, 0.29) is 23.8 Å². The first-order valence-electron chi connectivity index (χ1n) is 13.8. The zero-order valence-electron chi connectivity index (χ0n) is 24.1. The quantitative estimate of drug-likeness (QED) is 0.125. The first-order valence-corrected chi connectivity index (χ1v) is 13.8. The van der Waals surface area contributed by atoms with Crippen molar-refractivity contribution in [2.45, 2.75) is 13.0 Å². The van der Waals surface area contributed by atoms with Crippen LogP contribution in [-0.2, 0) is 13.0 Å². The average Bonchev–Trinajstić information content (AvgIpc) is 3.48. The fraction of sp³-hybridized carbons (Fsp3) is 0.114. The van der Waals surface area contributed by atoms with Crippen molar-refractivity contribution >= 4 is 28.1 Å². The van der Waals surface area contributed by atoms with Gasteiger partial charge in [0, 0.05) is 5.56 Å². The Morgan fingerprint density at radius 1 is 0.955 bits per heavy atom. The van der Waals surface area contributed by atoms with Gasteiger partial charge in [0.1, 0.15) is 23.8 Å². The molecular formula is C35H28FN3O5. The minimum absolute atomic E-state index is 0.148. The topological polar surface area (TPSA) is 88.1 Å². The molecule has 0 amide bonds.